The lowest BCUT2D eigenvalue weighted by Crippen LogP contribution is -2.26. The molecule has 0 unspecified atom stereocenters. The predicted octanol–water partition coefficient (Wildman–Crippen LogP) is 20.3. The van der Waals surface area contributed by atoms with Gasteiger partial charge in [0.25, 0.3) is 0 Å². The highest BCUT2D eigenvalue weighted by molar-refractivity contribution is 7.25. The van der Waals surface area contributed by atoms with Gasteiger partial charge in [0.05, 0.1) is 11.1 Å². The van der Waals surface area contributed by atoms with Gasteiger partial charge < -0.3 is 4.90 Å². The molecule has 1 heterocycles. The van der Waals surface area contributed by atoms with Crippen LogP contribution in [0.25, 0.3) is 108 Å². The number of hydrogen-bond donors (Lipinski definition) is 0. The van der Waals surface area contributed by atoms with Crippen molar-refractivity contribution in [1.82, 2.24) is 0 Å². The minimum Gasteiger partial charge on any atom is -0.310 e. The second-order valence-corrected chi connectivity index (χ2v) is 21.3. The van der Waals surface area contributed by atoms with E-state index in [0.29, 0.717) is 0 Å². The van der Waals surface area contributed by atoms with Crippen molar-refractivity contribution < 1.29 is 0 Å². The highest BCUT2D eigenvalue weighted by Gasteiger charge is 2.52. The summed E-state index contributed by atoms with van der Waals surface area (Å²) >= 11 is 1.87. The van der Waals surface area contributed by atoms with Crippen LogP contribution in [-0.4, -0.2) is 0 Å². The van der Waals surface area contributed by atoms with Crippen molar-refractivity contribution >= 4 is 80.9 Å². The Morgan fingerprint density at radius 1 is 0.240 bits per heavy atom. The third kappa shape index (κ3) is 6.12. The fourth-order valence-electron chi connectivity index (χ4n) is 13.3. The van der Waals surface area contributed by atoms with Crippen molar-refractivity contribution in [2.75, 3.05) is 4.90 Å². The zero-order valence-electron chi connectivity index (χ0n) is 40.8. The number of rotatable bonds is 6. The Bertz CT molecular complexity index is 4580. The van der Waals surface area contributed by atoms with Crippen LogP contribution >= 0.6 is 11.3 Å². The summed E-state index contributed by atoms with van der Waals surface area (Å²) in [4.78, 5) is 2.58. The van der Waals surface area contributed by atoms with Crippen LogP contribution in [0, 0.1) is 0 Å². The molecule has 13 aromatic carbocycles. The largest absolute Gasteiger partial charge is 0.310 e. The molecule has 1 spiro atoms. The minimum absolute atomic E-state index is 0.545. The first-order valence-electron chi connectivity index (χ1n) is 26.0. The number of hydrogen-bond acceptors (Lipinski definition) is 2. The van der Waals surface area contributed by atoms with Gasteiger partial charge in [0, 0.05) is 37.1 Å². The molecule has 0 bridgehead atoms. The molecule has 14 aromatic rings. The lowest BCUT2D eigenvalue weighted by molar-refractivity contribution is 0.794. The van der Waals surface area contributed by atoms with E-state index in [1.54, 1.807) is 0 Å². The van der Waals surface area contributed by atoms with E-state index in [0.717, 1.165) is 17.1 Å². The Labute approximate surface area is 439 Å². The summed E-state index contributed by atoms with van der Waals surface area (Å²) in [5.41, 5.74) is 20.3. The van der Waals surface area contributed by atoms with Crippen molar-refractivity contribution in [3.63, 3.8) is 0 Å². The molecule has 0 N–H and O–H groups in total. The molecule has 75 heavy (non-hydrogen) atoms. The molecule has 0 saturated heterocycles. The van der Waals surface area contributed by atoms with Gasteiger partial charge >= 0.3 is 0 Å². The number of fused-ring (bicyclic) bond motifs is 19. The summed E-state index contributed by atoms with van der Waals surface area (Å²) in [5, 5.41) is 10.1. The van der Waals surface area contributed by atoms with Crippen LogP contribution in [0.2, 0.25) is 0 Å². The van der Waals surface area contributed by atoms with Crippen LogP contribution in [0.4, 0.5) is 17.1 Å². The number of anilines is 3. The van der Waals surface area contributed by atoms with Gasteiger partial charge in [-0.3, -0.25) is 0 Å². The van der Waals surface area contributed by atoms with E-state index in [4.69, 9.17) is 0 Å². The van der Waals surface area contributed by atoms with Gasteiger partial charge in [-0.25, -0.2) is 0 Å². The summed E-state index contributed by atoms with van der Waals surface area (Å²) in [5.74, 6) is 0. The molecule has 0 fully saturated rings. The van der Waals surface area contributed by atoms with Crippen molar-refractivity contribution in [2.45, 2.75) is 5.41 Å². The first kappa shape index (κ1) is 42.2. The lowest BCUT2D eigenvalue weighted by Gasteiger charge is -2.33. The minimum atomic E-state index is -0.545. The maximum atomic E-state index is 2.59. The molecule has 2 aliphatic carbocycles. The normalized spacial score (nSPS) is 12.9. The Balaban J connectivity index is 1.06. The number of benzene rings is 13. The third-order valence-corrected chi connectivity index (χ3v) is 17.6. The van der Waals surface area contributed by atoms with E-state index in [1.165, 1.54) is 130 Å². The number of nitrogens with zero attached hydrogens (tertiary/aromatic N) is 1. The summed E-state index contributed by atoms with van der Waals surface area (Å²) < 4.78 is 2.60. The van der Waals surface area contributed by atoms with Crippen LogP contribution in [-0.2, 0) is 5.41 Å². The van der Waals surface area contributed by atoms with Gasteiger partial charge in [0.1, 0.15) is 0 Å². The Kier molecular flexibility index (Phi) is 9.19. The Morgan fingerprint density at radius 2 is 0.720 bits per heavy atom. The molecule has 0 atom stereocenters. The predicted molar refractivity (Wildman–Crippen MR) is 319 cm³/mol. The smallest absolute Gasteiger partial charge is 0.0726 e. The third-order valence-electron chi connectivity index (χ3n) is 16.5. The summed E-state index contributed by atoms with van der Waals surface area (Å²) in [6.07, 6.45) is 0. The van der Waals surface area contributed by atoms with Crippen molar-refractivity contribution in [3.05, 3.63) is 295 Å². The molecular weight excluding hydrogens is 923 g/mol. The molecular formula is C73H45NS. The lowest BCUT2D eigenvalue weighted by atomic mass is 9.70. The van der Waals surface area contributed by atoms with E-state index in [9.17, 15) is 0 Å². The standard InChI is InChI=1S/C73H45NS/c1-3-19-46(20-4-1)51-38-36-49(42-61(51)47-21-5-2-6-22-47)74(50-37-39-56-54-25-8-7-23-52(54)53-24-9-10-26-55(53)63(56)43-50)70-45-69-64(44-62(70)48-35-40-72-65(41-48)60-30-14-18-34-71(60)75-72)59-29-13-17-33-68(59)73(69)66-31-15-11-27-57(66)58-28-12-16-32-67(58)73/h1-45H. The first-order valence-corrected chi connectivity index (χ1v) is 26.8. The quantitative estimate of drug-likeness (QED) is 0.150. The highest BCUT2D eigenvalue weighted by Crippen LogP contribution is 2.64. The molecule has 2 heteroatoms. The molecule has 0 saturated carbocycles. The van der Waals surface area contributed by atoms with E-state index in [1.807, 2.05) is 11.3 Å². The van der Waals surface area contributed by atoms with Gasteiger partial charge in [-0.2, -0.15) is 0 Å². The van der Waals surface area contributed by atoms with Crippen LogP contribution < -0.4 is 4.90 Å². The van der Waals surface area contributed by atoms with Crippen LogP contribution in [0.15, 0.2) is 273 Å². The summed E-state index contributed by atoms with van der Waals surface area (Å²) in [6, 6.07) is 103. The summed E-state index contributed by atoms with van der Waals surface area (Å²) in [7, 11) is 0. The van der Waals surface area contributed by atoms with E-state index in [2.05, 4.69) is 278 Å². The summed E-state index contributed by atoms with van der Waals surface area (Å²) in [6.45, 7) is 0. The molecule has 1 aromatic heterocycles. The molecule has 0 aliphatic heterocycles. The topological polar surface area (TPSA) is 3.24 Å². The monoisotopic (exact) mass is 967 g/mol. The zero-order chi connectivity index (χ0) is 49.2. The SMILES string of the molecule is c1ccc(-c2ccc(N(c3ccc4c5ccccc5c5ccccc5c4c3)c3cc4c(cc3-c3ccc5sc6ccccc6c5c3)-c3ccccc3C43c4ccccc4-c4ccccc43)cc2-c2ccccc2)cc1. The van der Waals surface area contributed by atoms with Crippen molar-refractivity contribution in [2.24, 2.45) is 0 Å². The second kappa shape index (κ2) is 16.3. The zero-order valence-corrected chi connectivity index (χ0v) is 41.7. The fourth-order valence-corrected chi connectivity index (χ4v) is 14.4. The maximum absolute atomic E-state index is 2.59. The maximum Gasteiger partial charge on any atom is 0.0726 e. The van der Waals surface area contributed by atoms with Gasteiger partial charge in [-0.1, -0.05) is 218 Å². The van der Waals surface area contributed by atoms with E-state index >= 15 is 0 Å². The second-order valence-electron chi connectivity index (χ2n) is 20.2. The number of thiophene rings is 1. The van der Waals surface area contributed by atoms with E-state index < -0.39 is 5.41 Å². The van der Waals surface area contributed by atoms with Crippen LogP contribution in [0.5, 0.6) is 0 Å². The average molecular weight is 968 g/mol. The Hall–Kier alpha value is -9.34. The molecule has 0 radical (unpaired) electrons. The van der Waals surface area contributed by atoms with E-state index in [-0.39, 0.29) is 0 Å². The molecule has 16 rings (SSSR count). The first-order chi connectivity index (χ1) is 37.2. The van der Waals surface area contributed by atoms with Gasteiger partial charge in [-0.05, 0) is 159 Å². The molecule has 1 nitrogen and oxygen atoms in total. The van der Waals surface area contributed by atoms with Crippen LogP contribution in [0.1, 0.15) is 22.3 Å². The highest BCUT2D eigenvalue weighted by atomic mass is 32.1. The molecule has 2 aliphatic rings. The molecule has 0 amide bonds. The van der Waals surface area contributed by atoms with Crippen molar-refractivity contribution in [1.29, 1.82) is 0 Å². The average Bonchev–Trinajstić information content (AvgIpc) is 4.14. The van der Waals surface area contributed by atoms with Crippen molar-refractivity contribution in [3.8, 4) is 55.6 Å². The Morgan fingerprint density at radius 3 is 1.36 bits per heavy atom. The fraction of sp³-hybridized carbons (Fsp3) is 0.0137. The van der Waals surface area contributed by atoms with Crippen LogP contribution in [0.3, 0.4) is 0 Å². The molecule has 348 valence electrons. The van der Waals surface area contributed by atoms with Gasteiger partial charge in [0.15, 0.2) is 0 Å². The van der Waals surface area contributed by atoms with Gasteiger partial charge in [-0.15, -0.1) is 11.3 Å². The van der Waals surface area contributed by atoms with Gasteiger partial charge in [0.2, 0.25) is 0 Å².